The molecule has 1 aromatic rings. The SMILES string of the molecule is CC#CC(=O)NCC1(CO)COCCN1Cc1ccccc1. The van der Waals surface area contributed by atoms with Crippen LogP contribution < -0.4 is 5.32 Å². The summed E-state index contributed by atoms with van der Waals surface area (Å²) in [6.07, 6.45) is 0. The molecule has 2 rings (SSSR count). The highest BCUT2D eigenvalue weighted by atomic mass is 16.5. The van der Waals surface area contributed by atoms with Gasteiger partial charge in [-0.05, 0) is 18.4 Å². The van der Waals surface area contributed by atoms with E-state index in [0.29, 0.717) is 32.8 Å². The summed E-state index contributed by atoms with van der Waals surface area (Å²) in [6.45, 7) is 4.27. The molecule has 0 spiro atoms. The Labute approximate surface area is 131 Å². The lowest BCUT2D eigenvalue weighted by molar-refractivity contribution is -0.120. The number of carbonyl (C=O) groups is 1. The highest BCUT2D eigenvalue weighted by Crippen LogP contribution is 2.22. The van der Waals surface area contributed by atoms with Gasteiger partial charge in [0.1, 0.15) is 0 Å². The van der Waals surface area contributed by atoms with Crippen molar-refractivity contribution < 1.29 is 14.6 Å². The summed E-state index contributed by atoms with van der Waals surface area (Å²) >= 11 is 0. The van der Waals surface area contributed by atoms with E-state index in [2.05, 4.69) is 34.2 Å². The molecule has 2 N–H and O–H groups in total. The highest BCUT2D eigenvalue weighted by molar-refractivity contribution is 5.93. The third-order valence-corrected chi connectivity index (χ3v) is 3.87. The van der Waals surface area contributed by atoms with Gasteiger partial charge >= 0.3 is 0 Å². The smallest absolute Gasteiger partial charge is 0.295 e. The molecule has 118 valence electrons. The molecule has 22 heavy (non-hydrogen) atoms. The predicted octanol–water partition coefficient (Wildman–Crippen LogP) is 0.389. The molecule has 0 aromatic heterocycles. The van der Waals surface area contributed by atoms with Crippen molar-refractivity contribution in [1.29, 1.82) is 0 Å². The molecule has 0 saturated carbocycles. The Bertz CT molecular complexity index is 550. The summed E-state index contributed by atoms with van der Waals surface area (Å²) in [5.74, 6) is 4.68. The van der Waals surface area contributed by atoms with Crippen LogP contribution in [0.1, 0.15) is 12.5 Å². The van der Waals surface area contributed by atoms with Gasteiger partial charge in [-0.2, -0.15) is 0 Å². The molecule has 1 aliphatic rings. The number of aliphatic hydroxyl groups is 1. The Morgan fingerprint density at radius 3 is 2.91 bits per heavy atom. The molecule has 1 heterocycles. The summed E-state index contributed by atoms with van der Waals surface area (Å²) in [7, 11) is 0. The van der Waals surface area contributed by atoms with Gasteiger partial charge in [0.05, 0.1) is 25.4 Å². The van der Waals surface area contributed by atoms with Crippen molar-refractivity contribution in [2.75, 3.05) is 32.9 Å². The van der Waals surface area contributed by atoms with Crippen LogP contribution >= 0.6 is 0 Å². The fraction of sp³-hybridized carbons (Fsp3) is 0.471. The average Bonchev–Trinajstić information content (AvgIpc) is 2.55. The molecule has 1 atom stereocenters. The Hall–Kier alpha value is -1.87. The van der Waals surface area contributed by atoms with Crippen LogP contribution in [0.2, 0.25) is 0 Å². The number of aliphatic hydroxyl groups excluding tert-OH is 1. The van der Waals surface area contributed by atoms with Crippen LogP contribution in [-0.2, 0) is 16.1 Å². The van der Waals surface area contributed by atoms with Crippen molar-refractivity contribution in [1.82, 2.24) is 10.2 Å². The first-order valence-corrected chi connectivity index (χ1v) is 7.38. The molecule has 0 aliphatic carbocycles. The lowest BCUT2D eigenvalue weighted by Gasteiger charge is -2.45. The van der Waals surface area contributed by atoms with Crippen molar-refractivity contribution in [3.63, 3.8) is 0 Å². The molecule has 1 amide bonds. The molecule has 1 aliphatic heterocycles. The lowest BCUT2D eigenvalue weighted by Crippen LogP contribution is -2.63. The van der Waals surface area contributed by atoms with Gasteiger partial charge in [0.2, 0.25) is 0 Å². The quantitative estimate of drug-likeness (QED) is 0.773. The Morgan fingerprint density at radius 2 is 2.23 bits per heavy atom. The number of nitrogens with one attached hydrogen (secondary N) is 1. The van der Waals surface area contributed by atoms with Crippen LogP contribution in [0.15, 0.2) is 30.3 Å². The van der Waals surface area contributed by atoms with Gasteiger partial charge in [-0.1, -0.05) is 36.3 Å². The number of nitrogens with zero attached hydrogens (tertiary/aromatic N) is 1. The minimum atomic E-state index is -0.612. The van der Waals surface area contributed by atoms with E-state index in [9.17, 15) is 9.90 Å². The van der Waals surface area contributed by atoms with Crippen LogP contribution in [-0.4, -0.2) is 54.4 Å². The van der Waals surface area contributed by atoms with Gasteiger partial charge in [0.25, 0.3) is 5.91 Å². The number of ether oxygens (including phenoxy) is 1. The molecule has 1 aromatic carbocycles. The lowest BCUT2D eigenvalue weighted by atomic mass is 9.96. The maximum absolute atomic E-state index is 11.6. The van der Waals surface area contributed by atoms with Gasteiger partial charge in [0.15, 0.2) is 0 Å². The van der Waals surface area contributed by atoms with Crippen molar-refractivity contribution in [2.45, 2.75) is 19.0 Å². The van der Waals surface area contributed by atoms with E-state index in [0.717, 1.165) is 0 Å². The van der Waals surface area contributed by atoms with Gasteiger partial charge in [-0.15, -0.1) is 0 Å². The van der Waals surface area contributed by atoms with Crippen LogP contribution in [0, 0.1) is 11.8 Å². The van der Waals surface area contributed by atoms with E-state index in [4.69, 9.17) is 4.74 Å². The fourth-order valence-corrected chi connectivity index (χ4v) is 2.58. The Kier molecular flexibility index (Phi) is 5.96. The maximum Gasteiger partial charge on any atom is 0.295 e. The fourth-order valence-electron chi connectivity index (χ4n) is 2.58. The zero-order valence-corrected chi connectivity index (χ0v) is 12.8. The van der Waals surface area contributed by atoms with Gasteiger partial charge in [-0.25, -0.2) is 0 Å². The molecule has 1 unspecified atom stereocenters. The van der Waals surface area contributed by atoms with Crippen LogP contribution in [0.4, 0.5) is 0 Å². The van der Waals surface area contributed by atoms with Crippen LogP contribution in [0.5, 0.6) is 0 Å². The first kappa shape index (κ1) is 16.5. The number of benzene rings is 1. The van der Waals surface area contributed by atoms with Crippen LogP contribution in [0.25, 0.3) is 0 Å². The number of rotatable bonds is 5. The maximum atomic E-state index is 11.6. The second-order valence-electron chi connectivity index (χ2n) is 5.40. The topological polar surface area (TPSA) is 61.8 Å². The molecule has 0 bridgehead atoms. The van der Waals surface area contributed by atoms with E-state index < -0.39 is 5.54 Å². The first-order valence-electron chi connectivity index (χ1n) is 7.38. The molecular weight excluding hydrogens is 280 g/mol. The van der Waals surface area contributed by atoms with Crippen LogP contribution in [0.3, 0.4) is 0 Å². The van der Waals surface area contributed by atoms with E-state index in [1.165, 1.54) is 5.56 Å². The first-order chi connectivity index (χ1) is 10.7. The minimum absolute atomic E-state index is 0.0837. The normalized spacial score (nSPS) is 21.7. The third kappa shape index (κ3) is 4.08. The second kappa shape index (κ2) is 7.95. The molecule has 5 heteroatoms. The zero-order chi connectivity index (χ0) is 15.8. The number of morpholine rings is 1. The molecule has 1 fully saturated rings. The third-order valence-electron chi connectivity index (χ3n) is 3.87. The van der Waals surface area contributed by atoms with Gasteiger partial charge in [-0.3, -0.25) is 9.69 Å². The number of amides is 1. The minimum Gasteiger partial charge on any atom is -0.394 e. The Balaban J connectivity index is 2.09. The Morgan fingerprint density at radius 1 is 1.45 bits per heavy atom. The van der Waals surface area contributed by atoms with Crippen molar-refractivity contribution in [3.8, 4) is 11.8 Å². The summed E-state index contributed by atoms with van der Waals surface area (Å²) in [5, 5.41) is 12.7. The number of carbonyl (C=O) groups excluding carboxylic acids is 1. The van der Waals surface area contributed by atoms with Crippen molar-refractivity contribution in [3.05, 3.63) is 35.9 Å². The van der Waals surface area contributed by atoms with Crippen molar-refractivity contribution >= 4 is 5.91 Å². The monoisotopic (exact) mass is 302 g/mol. The summed E-state index contributed by atoms with van der Waals surface area (Å²) in [4.78, 5) is 13.8. The molecule has 1 saturated heterocycles. The molecular formula is C17H22N2O3. The van der Waals surface area contributed by atoms with E-state index in [1.54, 1.807) is 6.92 Å². The van der Waals surface area contributed by atoms with E-state index >= 15 is 0 Å². The van der Waals surface area contributed by atoms with E-state index in [-0.39, 0.29) is 12.5 Å². The van der Waals surface area contributed by atoms with E-state index in [1.807, 2.05) is 18.2 Å². The number of hydrogen-bond donors (Lipinski definition) is 2. The predicted molar refractivity (Wildman–Crippen MR) is 83.9 cm³/mol. The van der Waals surface area contributed by atoms with Crippen molar-refractivity contribution in [2.24, 2.45) is 0 Å². The highest BCUT2D eigenvalue weighted by Gasteiger charge is 2.39. The zero-order valence-electron chi connectivity index (χ0n) is 12.8. The summed E-state index contributed by atoms with van der Waals surface area (Å²) < 4.78 is 5.55. The number of hydrogen-bond acceptors (Lipinski definition) is 4. The summed E-state index contributed by atoms with van der Waals surface area (Å²) in [6, 6.07) is 10.1. The molecule has 0 radical (unpaired) electrons. The second-order valence-corrected chi connectivity index (χ2v) is 5.40. The van der Waals surface area contributed by atoms with Gasteiger partial charge in [0, 0.05) is 19.6 Å². The standard InChI is InChI=1S/C17H22N2O3/c1-2-6-16(21)18-12-17(13-20)14-22-10-9-19(17)11-15-7-4-3-5-8-15/h3-5,7-8,20H,9-14H2,1H3,(H,18,21). The summed E-state index contributed by atoms with van der Waals surface area (Å²) in [5.41, 5.74) is 0.556. The van der Waals surface area contributed by atoms with Gasteiger partial charge < -0.3 is 15.2 Å². The largest absolute Gasteiger partial charge is 0.394 e. The average molecular weight is 302 g/mol. The molecule has 5 nitrogen and oxygen atoms in total.